The summed E-state index contributed by atoms with van der Waals surface area (Å²) in [5, 5.41) is 6.20. The Labute approximate surface area is 115 Å². The van der Waals surface area contributed by atoms with Gasteiger partial charge in [0.05, 0.1) is 12.1 Å². The molecule has 1 unspecified atom stereocenters. The van der Waals surface area contributed by atoms with Gasteiger partial charge in [0.1, 0.15) is 0 Å². The molecular formula is C13H17BrN2O2. The Morgan fingerprint density at radius 2 is 2.28 bits per heavy atom. The van der Waals surface area contributed by atoms with Gasteiger partial charge in [-0.05, 0) is 30.7 Å². The third kappa shape index (κ3) is 2.91. The van der Waals surface area contributed by atoms with Gasteiger partial charge in [-0.15, -0.1) is 0 Å². The Morgan fingerprint density at radius 3 is 2.94 bits per heavy atom. The molecule has 1 saturated heterocycles. The second-order valence-electron chi connectivity index (χ2n) is 4.48. The zero-order valence-electron chi connectivity index (χ0n) is 10.5. The summed E-state index contributed by atoms with van der Waals surface area (Å²) < 4.78 is 6.33. The molecule has 1 fully saturated rings. The largest absolute Gasteiger partial charge is 0.378 e. The van der Waals surface area contributed by atoms with Crippen LogP contribution >= 0.6 is 15.9 Å². The van der Waals surface area contributed by atoms with Crippen LogP contribution in [-0.4, -0.2) is 38.3 Å². The molecule has 5 heteroatoms. The van der Waals surface area contributed by atoms with Crippen LogP contribution in [0, 0.1) is 6.92 Å². The van der Waals surface area contributed by atoms with Gasteiger partial charge < -0.3 is 15.4 Å². The molecule has 2 rings (SSSR count). The second-order valence-corrected chi connectivity index (χ2v) is 5.33. The minimum absolute atomic E-state index is 0.0338. The Bertz CT molecular complexity index is 451. The van der Waals surface area contributed by atoms with Gasteiger partial charge in [0.15, 0.2) is 0 Å². The lowest BCUT2D eigenvalue weighted by molar-refractivity contribution is 0.0780. The van der Waals surface area contributed by atoms with Crippen LogP contribution in [0.3, 0.4) is 0 Å². The number of methoxy groups -OCH3 is 1. The number of hydrogen-bond donors (Lipinski definition) is 2. The van der Waals surface area contributed by atoms with Crippen molar-refractivity contribution in [3.05, 3.63) is 33.8 Å². The van der Waals surface area contributed by atoms with Crippen LogP contribution in [0.1, 0.15) is 15.9 Å². The molecule has 2 N–H and O–H groups in total. The first-order chi connectivity index (χ1) is 8.61. The summed E-state index contributed by atoms with van der Waals surface area (Å²) in [7, 11) is 1.67. The van der Waals surface area contributed by atoms with Crippen LogP contribution in [0.15, 0.2) is 22.7 Å². The molecule has 0 bridgehead atoms. The zero-order valence-corrected chi connectivity index (χ0v) is 12.1. The van der Waals surface area contributed by atoms with Crippen molar-refractivity contribution < 1.29 is 9.53 Å². The highest BCUT2D eigenvalue weighted by atomic mass is 79.9. The van der Waals surface area contributed by atoms with E-state index in [0.29, 0.717) is 5.56 Å². The van der Waals surface area contributed by atoms with Gasteiger partial charge in [-0.3, -0.25) is 4.79 Å². The number of ether oxygens (including phenoxy) is 1. The fourth-order valence-corrected chi connectivity index (χ4v) is 2.33. The third-order valence-electron chi connectivity index (χ3n) is 3.20. The highest BCUT2D eigenvalue weighted by molar-refractivity contribution is 9.10. The van der Waals surface area contributed by atoms with Crippen molar-refractivity contribution >= 4 is 21.8 Å². The summed E-state index contributed by atoms with van der Waals surface area (Å²) in [5.74, 6) is -0.0543. The average molecular weight is 313 g/mol. The molecule has 2 atom stereocenters. The molecule has 1 heterocycles. The van der Waals surface area contributed by atoms with Crippen molar-refractivity contribution in [3.8, 4) is 0 Å². The van der Waals surface area contributed by atoms with E-state index >= 15 is 0 Å². The Balaban J connectivity index is 2.05. The van der Waals surface area contributed by atoms with E-state index < -0.39 is 0 Å². The maximum Gasteiger partial charge on any atom is 0.251 e. The van der Waals surface area contributed by atoms with Crippen molar-refractivity contribution in [2.75, 3.05) is 20.2 Å². The molecule has 1 aromatic rings. The first-order valence-electron chi connectivity index (χ1n) is 5.92. The minimum atomic E-state index is -0.0543. The number of nitrogens with one attached hydrogen (secondary N) is 2. The van der Waals surface area contributed by atoms with Gasteiger partial charge in [-0.1, -0.05) is 15.9 Å². The monoisotopic (exact) mass is 312 g/mol. The number of halogens is 1. The molecule has 0 spiro atoms. The van der Waals surface area contributed by atoms with Gasteiger partial charge in [0, 0.05) is 30.2 Å². The smallest absolute Gasteiger partial charge is 0.251 e. The lowest BCUT2D eigenvalue weighted by Gasteiger charge is -2.18. The maximum absolute atomic E-state index is 12.1. The van der Waals surface area contributed by atoms with Crippen molar-refractivity contribution in [2.24, 2.45) is 0 Å². The molecule has 1 aliphatic heterocycles. The summed E-state index contributed by atoms with van der Waals surface area (Å²) >= 11 is 3.43. The number of hydrogen-bond acceptors (Lipinski definition) is 3. The fourth-order valence-electron chi connectivity index (χ4n) is 2.08. The van der Waals surface area contributed by atoms with Crippen LogP contribution < -0.4 is 10.6 Å². The van der Waals surface area contributed by atoms with Crippen molar-refractivity contribution in [3.63, 3.8) is 0 Å². The maximum atomic E-state index is 12.1. The average Bonchev–Trinajstić information content (AvgIpc) is 2.79. The molecule has 0 aromatic heterocycles. The molecule has 1 amide bonds. The number of benzene rings is 1. The van der Waals surface area contributed by atoms with Crippen molar-refractivity contribution in [1.29, 1.82) is 0 Å². The molecule has 0 aliphatic carbocycles. The normalized spacial score (nSPS) is 23.1. The van der Waals surface area contributed by atoms with E-state index in [2.05, 4.69) is 26.6 Å². The number of rotatable bonds is 3. The summed E-state index contributed by atoms with van der Waals surface area (Å²) in [6, 6.07) is 5.62. The van der Waals surface area contributed by atoms with Crippen molar-refractivity contribution in [1.82, 2.24) is 10.6 Å². The van der Waals surface area contributed by atoms with E-state index in [0.717, 1.165) is 23.1 Å². The Morgan fingerprint density at radius 1 is 1.50 bits per heavy atom. The van der Waals surface area contributed by atoms with Gasteiger partial charge in [-0.25, -0.2) is 0 Å². The highest BCUT2D eigenvalue weighted by Gasteiger charge is 2.28. The molecule has 1 aliphatic rings. The van der Waals surface area contributed by atoms with Gasteiger partial charge in [0.2, 0.25) is 0 Å². The van der Waals surface area contributed by atoms with E-state index in [1.807, 2.05) is 25.1 Å². The molecule has 18 heavy (non-hydrogen) atoms. The number of aryl methyl sites for hydroxylation is 1. The highest BCUT2D eigenvalue weighted by Crippen LogP contribution is 2.17. The lowest BCUT2D eigenvalue weighted by atomic mass is 10.1. The third-order valence-corrected chi connectivity index (χ3v) is 4.09. The topological polar surface area (TPSA) is 50.4 Å². The van der Waals surface area contributed by atoms with Gasteiger partial charge >= 0.3 is 0 Å². The standard InChI is InChI=1S/C13H17BrN2O2/c1-8-5-9(3-4-10(8)14)13(17)16-11-6-15-7-12(11)18-2/h3-5,11-12,15H,6-7H2,1-2H3,(H,16,17)/t11?,12-/m0/s1. The van der Waals surface area contributed by atoms with E-state index in [9.17, 15) is 4.79 Å². The molecule has 1 aromatic carbocycles. The van der Waals surface area contributed by atoms with Crippen LogP contribution in [0.4, 0.5) is 0 Å². The predicted molar refractivity (Wildman–Crippen MR) is 73.8 cm³/mol. The SMILES string of the molecule is CO[C@H]1CNCC1NC(=O)c1ccc(Br)c(C)c1. The van der Waals surface area contributed by atoms with Crippen LogP contribution in [0.5, 0.6) is 0 Å². The minimum Gasteiger partial charge on any atom is -0.378 e. The summed E-state index contributed by atoms with van der Waals surface area (Å²) in [6.45, 7) is 3.50. The summed E-state index contributed by atoms with van der Waals surface area (Å²) in [6.07, 6.45) is 0.0468. The molecule has 4 nitrogen and oxygen atoms in total. The van der Waals surface area contributed by atoms with Gasteiger partial charge in [-0.2, -0.15) is 0 Å². The van der Waals surface area contributed by atoms with Crippen LogP contribution in [-0.2, 0) is 4.74 Å². The number of carbonyl (C=O) groups is 1. The Hall–Kier alpha value is -0.910. The van der Waals surface area contributed by atoms with E-state index in [-0.39, 0.29) is 18.1 Å². The van der Waals surface area contributed by atoms with Gasteiger partial charge in [0.25, 0.3) is 5.91 Å². The first kappa shape index (κ1) is 13.5. The summed E-state index contributed by atoms with van der Waals surface area (Å²) in [4.78, 5) is 12.1. The number of amides is 1. The lowest BCUT2D eigenvalue weighted by Crippen LogP contribution is -2.43. The van der Waals surface area contributed by atoms with Crippen LogP contribution in [0.25, 0.3) is 0 Å². The predicted octanol–water partition coefficient (Wildman–Crippen LogP) is 1.47. The van der Waals surface area contributed by atoms with Crippen molar-refractivity contribution in [2.45, 2.75) is 19.1 Å². The fraction of sp³-hybridized carbons (Fsp3) is 0.462. The summed E-state index contributed by atoms with van der Waals surface area (Å²) in [5.41, 5.74) is 1.73. The molecule has 98 valence electrons. The number of carbonyl (C=O) groups excluding carboxylic acids is 1. The van der Waals surface area contributed by atoms with Crippen LogP contribution in [0.2, 0.25) is 0 Å². The van der Waals surface area contributed by atoms with E-state index in [1.165, 1.54) is 0 Å². The molecular weight excluding hydrogens is 296 g/mol. The Kier molecular flexibility index (Phi) is 4.37. The second kappa shape index (κ2) is 5.82. The molecule has 0 radical (unpaired) electrons. The first-order valence-corrected chi connectivity index (χ1v) is 6.71. The zero-order chi connectivity index (χ0) is 13.1. The van der Waals surface area contributed by atoms with E-state index in [4.69, 9.17) is 4.74 Å². The van der Waals surface area contributed by atoms with E-state index in [1.54, 1.807) is 7.11 Å². The quantitative estimate of drug-likeness (QED) is 0.889. The molecule has 0 saturated carbocycles.